The molecular weight excluding hydrogens is 1090 g/mol. The number of urea groups is 2. The van der Waals surface area contributed by atoms with Gasteiger partial charge in [0.05, 0.1) is 87.1 Å². The molecule has 2 atom stereocenters. The Morgan fingerprint density at radius 2 is 1.11 bits per heavy atom. The number of aromatic nitrogens is 12. The van der Waals surface area contributed by atoms with E-state index in [-0.39, 0.29) is 41.1 Å². The molecule has 0 bridgehead atoms. The fourth-order valence-corrected chi connectivity index (χ4v) is 9.80. The van der Waals surface area contributed by atoms with Crippen molar-refractivity contribution in [2.75, 3.05) is 88.5 Å². The lowest BCUT2D eigenvalue weighted by atomic mass is 9.91. The monoisotopic (exact) mass is 1160 g/mol. The molecule has 4 amide bonds. The van der Waals surface area contributed by atoms with E-state index in [1.807, 2.05) is 28.4 Å². The van der Waals surface area contributed by atoms with E-state index >= 15 is 0 Å². The number of pyridine rings is 4. The lowest BCUT2D eigenvalue weighted by Gasteiger charge is -2.37. The fourth-order valence-electron chi connectivity index (χ4n) is 9.63. The molecule has 0 aliphatic carbocycles. The van der Waals surface area contributed by atoms with Gasteiger partial charge in [-0.1, -0.05) is 41.5 Å². The van der Waals surface area contributed by atoms with Gasteiger partial charge in [-0.3, -0.25) is 20.0 Å². The molecule has 12 heterocycles. The number of rotatable bonds is 12. The first-order valence-electron chi connectivity index (χ1n) is 27.3. The van der Waals surface area contributed by atoms with Crippen molar-refractivity contribution in [1.29, 1.82) is 0 Å². The van der Waals surface area contributed by atoms with Crippen LogP contribution in [0.15, 0.2) is 73.3 Å². The Balaban J connectivity index is 0.000000156. The second-order valence-corrected chi connectivity index (χ2v) is 23.1. The van der Waals surface area contributed by atoms with Gasteiger partial charge in [0.2, 0.25) is 11.2 Å². The zero-order valence-electron chi connectivity index (χ0n) is 48.3. The minimum Gasteiger partial charge on any atom is -0.455 e. The van der Waals surface area contributed by atoms with Gasteiger partial charge in [0, 0.05) is 113 Å². The molecule has 4 aliphatic rings. The van der Waals surface area contributed by atoms with Crippen molar-refractivity contribution in [2.24, 2.45) is 14.1 Å². The Morgan fingerprint density at radius 1 is 0.627 bits per heavy atom. The zero-order valence-corrected chi connectivity index (χ0v) is 49.0. The Kier molecular flexibility index (Phi) is 17.0. The number of carbonyl (C=O) groups is 2. The van der Waals surface area contributed by atoms with Crippen LogP contribution in [-0.2, 0) is 43.9 Å². The number of nitrogens with one attached hydrogen (secondary N) is 3. The summed E-state index contributed by atoms with van der Waals surface area (Å²) in [6, 6.07) is 14.6. The number of imidazole rings is 2. The van der Waals surface area contributed by atoms with Crippen molar-refractivity contribution in [3.8, 4) is 23.0 Å². The number of likely N-dealkylation sites (tertiary alicyclic amines) is 2. The molecule has 4 aliphatic heterocycles. The number of fused-ring (bicyclic) bond motifs is 2. The molecule has 0 saturated carbocycles. The van der Waals surface area contributed by atoms with Gasteiger partial charge in [0.1, 0.15) is 40.5 Å². The molecule has 0 spiro atoms. The van der Waals surface area contributed by atoms with Crippen molar-refractivity contribution in [3.63, 3.8) is 0 Å². The van der Waals surface area contributed by atoms with E-state index in [1.165, 1.54) is 5.69 Å². The highest BCUT2D eigenvalue weighted by atomic mass is 35.5. The second-order valence-electron chi connectivity index (χ2n) is 22.7. The maximum Gasteiger partial charge on any atom is 0.323 e. The topological polar surface area (TPSA) is 281 Å². The number of nitrogens with zero attached hydrogens (tertiary/aromatic N) is 14. The standard InChI is InChI=1S/C28H35N9O4.C17H17ClN6O3.C11H19N3O/c1-28(2,3)22-12-24(34-37(22)17-7-9-40-16-17)31-26-33-25-21(35(26)4)10-19(13-30-25)41-18-6-8-29-23(11-18)32-27(38)36-14-20(15-36)39-5;1-23-13-5-11(7-20-15(13)22-16(23)18)27-10-3-4-19-14(6-10)21-17(25)24-8-12(9-24)26-2;1-11(2,3)9-6-10(12)13-14(9)8-4-5-15-7-8/h6,8,10-13,17,20H,7,9,14-16H2,1-5H3,(H,29,32,38)(H,30,31,33,34);3-7,12H,8-9H2,1-2H3,(H,19,21,25);6,8H,4-5,7H2,1-3H3,(H2,12,13)/t17-;;8-/m0.0/s1. The van der Waals surface area contributed by atoms with Gasteiger partial charge in [-0.2, -0.15) is 20.2 Å². The average Bonchev–Trinajstić information content (AvgIpc) is 4.13. The van der Waals surface area contributed by atoms with E-state index in [0.717, 1.165) is 55.2 Å². The third-order valence-electron chi connectivity index (χ3n) is 14.5. The number of aryl methyl sites for hydroxylation is 2. The Bertz CT molecular complexity index is 3580. The van der Waals surface area contributed by atoms with Gasteiger partial charge >= 0.3 is 12.1 Å². The van der Waals surface area contributed by atoms with Crippen LogP contribution in [0.2, 0.25) is 5.28 Å². The molecule has 4 saturated heterocycles. The molecule has 440 valence electrons. The molecule has 5 N–H and O–H groups in total. The average molecular weight is 1160 g/mol. The first kappa shape index (κ1) is 58.0. The number of ether oxygens (including phenoxy) is 6. The van der Waals surface area contributed by atoms with Crippen LogP contribution in [0.25, 0.3) is 22.3 Å². The second kappa shape index (κ2) is 24.3. The quantitative estimate of drug-likeness (QED) is 0.0890. The summed E-state index contributed by atoms with van der Waals surface area (Å²) in [5.74, 6) is 4.83. The SMILES string of the molecule is CC(C)(C)c1cc(N)nn1[C@H]1CCOC1.COC1CN(C(=O)Nc2cc(Oc3cnc4nc(Cl)n(C)c4c3)ccn2)C1.COC1CN(C(=O)Nc2cc(Oc3cnc4nc(Nc5cc(C(C)(C)C)n([C@H]6CCOC6)n5)n(C)c4c3)ccn2)C1. The maximum atomic E-state index is 12.4. The van der Waals surface area contributed by atoms with E-state index in [4.69, 9.17) is 50.9 Å². The highest BCUT2D eigenvalue weighted by molar-refractivity contribution is 6.29. The molecule has 12 rings (SSSR count). The lowest BCUT2D eigenvalue weighted by Crippen LogP contribution is -2.55. The summed E-state index contributed by atoms with van der Waals surface area (Å²) in [4.78, 5) is 53.8. The largest absolute Gasteiger partial charge is 0.455 e. The number of anilines is 5. The summed E-state index contributed by atoms with van der Waals surface area (Å²) in [6.45, 7) is 18.3. The summed E-state index contributed by atoms with van der Waals surface area (Å²) in [7, 11) is 6.99. The van der Waals surface area contributed by atoms with Crippen LogP contribution in [0.5, 0.6) is 23.0 Å². The summed E-state index contributed by atoms with van der Waals surface area (Å²) >= 11 is 6.01. The number of nitrogens with two attached hydrogens (primary N) is 1. The minimum atomic E-state index is -0.225. The molecule has 8 aromatic rings. The minimum absolute atomic E-state index is 0.0761. The zero-order chi connectivity index (χ0) is 58.7. The van der Waals surface area contributed by atoms with Gasteiger partial charge in [-0.25, -0.2) is 29.5 Å². The third kappa shape index (κ3) is 13.5. The molecular formula is C56H71ClN18O8. The maximum absolute atomic E-state index is 12.4. The van der Waals surface area contributed by atoms with Crippen LogP contribution < -0.4 is 31.2 Å². The Morgan fingerprint density at radius 3 is 1.59 bits per heavy atom. The molecule has 0 aromatic carbocycles. The van der Waals surface area contributed by atoms with Crippen LogP contribution in [0, 0.1) is 0 Å². The molecule has 83 heavy (non-hydrogen) atoms. The summed E-state index contributed by atoms with van der Waals surface area (Å²) in [6.07, 6.45) is 8.49. The number of amides is 4. The van der Waals surface area contributed by atoms with E-state index in [0.29, 0.717) is 102 Å². The van der Waals surface area contributed by atoms with Crippen LogP contribution in [-0.4, -0.2) is 159 Å². The normalized spacial score (nSPS) is 17.3. The van der Waals surface area contributed by atoms with Crippen LogP contribution >= 0.6 is 11.6 Å². The van der Waals surface area contributed by atoms with Gasteiger partial charge in [-0.15, -0.1) is 0 Å². The van der Waals surface area contributed by atoms with Gasteiger partial charge in [0.25, 0.3) is 0 Å². The fraction of sp³-hybridized carbons (Fsp3) is 0.464. The number of hydrogen-bond acceptors (Lipinski definition) is 18. The highest BCUT2D eigenvalue weighted by Gasteiger charge is 2.33. The summed E-state index contributed by atoms with van der Waals surface area (Å²) in [5.41, 5.74) is 10.8. The molecule has 0 radical (unpaired) electrons. The lowest BCUT2D eigenvalue weighted by molar-refractivity contribution is -0.00467. The molecule has 0 unspecified atom stereocenters. The van der Waals surface area contributed by atoms with Gasteiger partial charge < -0.3 is 58.4 Å². The number of nitrogen functional groups attached to an aromatic ring is 1. The van der Waals surface area contributed by atoms with E-state index in [9.17, 15) is 9.59 Å². The summed E-state index contributed by atoms with van der Waals surface area (Å²) in [5, 5.41) is 18.5. The van der Waals surface area contributed by atoms with E-state index < -0.39 is 0 Å². The Labute approximate surface area is 484 Å². The van der Waals surface area contributed by atoms with Crippen molar-refractivity contribution in [3.05, 3.63) is 90.0 Å². The summed E-state index contributed by atoms with van der Waals surface area (Å²) < 4.78 is 41.1. The van der Waals surface area contributed by atoms with E-state index in [1.54, 1.807) is 90.8 Å². The first-order chi connectivity index (χ1) is 39.7. The number of methoxy groups -OCH3 is 2. The molecule has 27 heteroatoms. The van der Waals surface area contributed by atoms with Crippen molar-refractivity contribution >= 4 is 75.2 Å². The first-order valence-corrected chi connectivity index (χ1v) is 27.7. The van der Waals surface area contributed by atoms with Gasteiger partial charge in [0.15, 0.2) is 17.1 Å². The third-order valence-corrected chi connectivity index (χ3v) is 14.8. The number of carbonyl (C=O) groups excluding carboxylic acids is 2. The smallest absolute Gasteiger partial charge is 0.323 e. The molecule has 4 fully saturated rings. The van der Waals surface area contributed by atoms with Crippen LogP contribution in [0.1, 0.15) is 77.9 Å². The number of hydrogen-bond donors (Lipinski definition) is 4. The Hall–Kier alpha value is -8.17. The van der Waals surface area contributed by atoms with Gasteiger partial charge in [-0.05, 0) is 36.6 Å². The highest BCUT2D eigenvalue weighted by Crippen LogP contribution is 2.34. The molecule has 8 aromatic heterocycles. The van der Waals surface area contributed by atoms with Crippen LogP contribution in [0.4, 0.5) is 38.8 Å². The predicted octanol–water partition coefficient (Wildman–Crippen LogP) is 8.61. The number of halogens is 1. The predicted molar refractivity (Wildman–Crippen MR) is 312 cm³/mol. The van der Waals surface area contributed by atoms with Crippen molar-refractivity contribution in [2.45, 2.75) is 89.5 Å². The van der Waals surface area contributed by atoms with Crippen LogP contribution in [0.3, 0.4) is 0 Å². The van der Waals surface area contributed by atoms with Crippen molar-refractivity contribution < 1.29 is 38.0 Å². The molecule has 26 nitrogen and oxygen atoms in total. The van der Waals surface area contributed by atoms with E-state index in [2.05, 4.69) is 103 Å². The van der Waals surface area contributed by atoms with Crippen molar-refractivity contribution in [1.82, 2.24) is 68.4 Å².